The third-order valence-electron chi connectivity index (χ3n) is 17.4. The van der Waals surface area contributed by atoms with Crippen LogP contribution >= 0.6 is 0 Å². The van der Waals surface area contributed by atoms with Gasteiger partial charge in [0.1, 0.15) is 0 Å². The number of hydrogen-bond donors (Lipinski definition) is 0. The van der Waals surface area contributed by atoms with Crippen molar-refractivity contribution in [3.05, 3.63) is 325 Å². The maximum absolute atomic E-state index is 5.15. The molecule has 0 radical (unpaired) electrons. The van der Waals surface area contributed by atoms with Gasteiger partial charge in [-0.1, -0.05) is 218 Å². The monoisotopic (exact) mass is 1120 g/mol. The molecule has 11 aromatic carbocycles. The second-order valence-corrected chi connectivity index (χ2v) is 22.7. The summed E-state index contributed by atoms with van der Waals surface area (Å²) < 4.78 is 0. The molecule has 410 valence electrons. The largest absolute Gasteiger partial charge is 0.256 e. The van der Waals surface area contributed by atoms with E-state index in [0.29, 0.717) is 34.9 Å². The van der Waals surface area contributed by atoms with Gasteiger partial charge in [0.15, 0.2) is 34.9 Å². The van der Waals surface area contributed by atoms with Gasteiger partial charge in [0, 0.05) is 68.4 Å². The third-order valence-corrected chi connectivity index (χ3v) is 17.4. The molecular weight excluding hydrogens is 1070 g/mol. The fourth-order valence-electron chi connectivity index (χ4n) is 13.1. The van der Waals surface area contributed by atoms with Crippen LogP contribution in [0.4, 0.5) is 0 Å². The van der Waals surface area contributed by atoms with Crippen molar-refractivity contribution in [2.75, 3.05) is 0 Å². The molecule has 2 atom stereocenters. The van der Waals surface area contributed by atoms with Crippen molar-refractivity contribution < 1.29 is 0 Å². The Hall–Kier alpha value is -11.7. The van der Waals surface area contributed by atoms with Crippen LogP contribution in [0.5, 0.6) is 0 Å². The lowest BCUT2D eigenvalue weighted by Crippen LogP contribution is -2.27. The van der Waals surface area contributed by atoms with E-state index < -0.39 is 0 Å². The number of pyridine rings is 2. The molecule has 8 nitrogen and oxygen atoms in total. The van der Waals surface area contributed by atoms with Crippen LogP contribution in [0.15, 0.2) is 291 Å². The highest BCUT2D eigenvalue weighted by atomic mass is 15.0. The first-order chi connectivity index (χ1) is 43.5. The third kappa shape index (κ3) is 9.10. The Labute approximate surface area is 508 Å². The van der Waals surface area contributed by atoms with E-state index >= 15 is 0 Å². The Morgan fingerprint density at radius 3 is 0.898 bits per heavy atom. The second-order valence-electron chi connectivity index (χ2n) is 22.7. The van der Waals surface area contributed by atoms with Gasteiger partial charge in [-0.3, -0.25) is 9.97 Å². The Morgan fingerprint density at radius 2 is 0.477 bits per heavy atom. The minimum Gasteiger partial charge on any atom is -0.256 e. The summed E-state index contributed by atoms with van der Waals surface area (Å²) in [7, 11) is 0. The molecule has 2 bridgehead atoms. The van der Waals surface area contributed by atoms with Gasteiger partial charge in [-0.05, 0) is 139 Å². The summed E-state index contributed by atoms with van der Waals surface area (Å²) in [5.74, 6) is 3.92. The molecule has 0 aliphatic heterocycles. The van der Waals surface area contributed by atoms with E-state index in [1.165, 1.54) is 44.5 Å². The Balaban J connectivity index is 0.671. The molecule has 15 aromatic rings. The van der Waals surface area contributed by atoms with Crippen LogP contribution in [-0.4, -0.2) is 39.9 Å². The first-order valence-corrected chi connectivity index (χ1v) is 29.7. The first-order valence-electron chi connectivity index (χ1n) is 29.7. The summed E-state index contributed by atoms with van der Waals surface area (Å²) in [6.45, 7) is 0. The lowest BCUT2D eigenvalue weighted by Gasteiger charge is -2.42. The van der Waals surface area contributed by atoms with Crippen LogP contribution in [0.2, 0.25) is 0 Å². The lowest BCUT2D eigenvalue weighted by atomic mass is 9.60. The molecule has 4 heterocycles. The SMILES string of the molecule is c1ccc(-c2nc(-c3ccc(-c4ccc5c(c4)C4c6ccccc6C5c5cc(-c6ccc(-c7nc(-c8ccccc8)nc(-c8cccc(-c9ccc%10ncccc%10c9)c8)n7)cc6)ccc54)cc3)nc(-c3cccc(-c4ccc5ncccc5c4)c3)n2)cc1. The van der Waals surface area contributed by atoms with E-state index in [-0.39, 0.29) is 11.8 Å². The van der Waals surface area contributed by atoms with Crippen molar-refractivity contribution in [2.45, 2.75) is 11.8 Å². The fourth-order valence-corrected chi connectivity index (χ4v) is 13.1. The molecule has 18 rings (SSSR count). The zero-order valence-corrected chi connectivity index (χ0v) is 47.4. The molecular formula is C80H50N8. The highest BCUT2D eigenvalue weighted by Gasteiger charge is 2.41. The van der Waals surface area contributed by atoms with Gasteiger partial charge in [-0.25, -0.2) is 29.9 Å². The van der Waals surface area contributed by atoms with Gasteiger partial charge < -0.3 is 0 Å². The summed E-state index contributed by atoms with van der Waals surface area (Å²) in [6, 6.07) is 98.6. The summed E-state index contributed by atoms with van der Waals surface area (Å²) in [5.41, 5.74) is 24.6. The van der Waals surface area contributed by atoms with Crippen molar-refractivity contribution >= 4 is 21.8 Å². The number of benzene rings is 11. The zero-order chi connectivity index (χ0) is 58.1. The number of hydrogen-bond acceptors (Lipinski definition) is 8. The average Bonchev–Trinajstić information content (AvgIpc) is 0.755. The molecule has 4 aromatic heterocycles. The van der Waals surface area contributed by atoms with E-state index in [0.717, 1.165) is 88.6 Å². The predicted molar refractivity (Wildman–Crippen MR) is 353 cm³/mol. The van der Waals surface area contributed by atoms with Crippen molar-refractivity contribution in [1.29, 1.82) is 0 Å². The van der Waals surface area contributed by atoms with Gasteiger partial charge in [0.05, 0.1) is 11.0 Å². The Morgan fingerprint density at radius 1 is 0.182 bits per heavy atom. The van der Waals surface area contributed by atoms with E-state index in [1.807, 2.05) is 85.2 Å². The van der Waals surface area contributed by atoms with Crippen LogP contribution in [-0.2, 0) is 0 Å². The first kappa shape index (κ1) is 50.7. The molecule has 2 unspecified atom stereocenters. The van der Waals surface area contributed by atoms with Crippen LogP contribution in [0.1, 0.15) is 45.2 Å². The van der Waals surface area contributed by atoms with E-state index in [2.05, 4.69) is 216 Å². The number of fused-ring (bicyclic) bond motifs is 2. The van der Waals surface area contributed by atoms with Crippen LogP contribution in [0.3, 0.4) is 0 Å². The molecule has 3 aliphatic rings. The minimum absolute atomic E-state index is 0.0982. The van der Waals surface area contributed by atoms with E-state index in [9.17, 15) is 0 Å². The second kappa shape index (κ2) is 21.1. The number of aromatic nitrogens is 8. The quantitative estimate of drug-likeness (QED) is 0.133. The number of rotatable bonds is 10. The summed E-state index contributed by atoms with van der Waals surface area (Å²) in [4.78, 5) is 39.7. The average molecular weight is 1120 g/mol. The van der Waals surface area contributed by atoms with Crippen molar-refractivity contribution in [3.63, 3.8) is 0 Å². The normalized spacial score (nSPS) is 13.7. The molecule has 0 saturated heterocycles. The van der Waals surface area contributed by atoms with Gasteiger partial charge in [0.2, 0.25) is 0 Å². The maximum Gasteiger partial charge on any atom is 0.164 e. The molecule has 0 spiro atoms. The van der Waals surface area contributed by atoms with Crippen LogP contribution in [0, 0.1) is 0 Å². The van der Waals surface area contributed by atoms with Crippen LogP contribution in [0.25, 0.3) is 135 Å². The highest BCUT2D eigenvalue weighted by molar-refractivity contribution is 5.87. The van der Waals surface area contributed by atoms with Crippen LogP contribution < -0.4 is 0 Å². The molecule has 0 saturated carbocycles. The fraction of sp³-hybridized carbons (Fsp3) is 0.0250. The van der Waals surface area contributed by atoms with Crippen molar-refractivity contribution in [3.8, 4) is 113 Å². The summed E-state index contributed by atoms with van der Waals surface area (Å²) >= 11 is 0. The predicted octanol–water partition coefficient (Wildman–Crippen LogP) is 18.8. The summed E-state index contributed by atoms with van der Waals surface area (Å²) in [6.07, 6.45) is 3.66. The topological polar surface area (TPSA) is 103 Å². The Bertz CT molecular complexity index is 4890. The molecule has 0 N–H and O–H groups in total. The standard InChI is InChI=1S/C80H50N8/c1-3-13-51(14-4-1)75-83-77(87-79(85-75)63-19-9-17-55(45-63)57-35-39-71-61(43-57)21-11-41-81-71)53-29-25-49(26-30-53)59-33-37-67-69(47-59)73-65-23-7-8-24-66(65)74(67)70-48-60(34-38-68(70)73)50-27-31-54(32-28-50)78-84-76(52-15-5-2-6-16-52)86-80(88-78)64-20-10-18-56(46-64)58-36-40-72-62(44-58)22-12-42-82-72/h1-48,73-74H. The lowest BCUT2D eigenvalue weighted by molar-refractivity contribution is 0.755. The molecule has 0 fully saturated rings. The molecule has 3 aliphatic carbocycles. The van der Waals surface area contributed by atoms with E-state index in [1.54, 1.807) is 0 Å². The van der Waals surface area contributed by atoms with Gasteiger partial charge in [-0.2, -0.15) is 0 Å². The van der Waals surface area contributed by atoms with Crippen molar-refractivity contribution in [2.24, 2.45) is 0 Å². The Kier molecular flexibility index (Phi) is 12.2. The highest BCUT2D eigenvalue weighted by Crippen LogP contribution is 2.57. The van der Waals surface area contributed by atoms with Gasteiger partial charge in [0.25, 0.3) is 0 Å². The van der Waals surface area contributed by atoms with Gasteiger partial charge in [-0.15, -0.1) is 0 Å². The molecule has 88 heavy (non-hydrogen) atoms. The smallest absolute Gasteiger partial charge is 0.164 e. The number of nitrogens with zero attached hydrogens (tertiary/aromatic N) is 8. The molecule has 8 heteroatoms. The summed E-state index contributed by atoms with van der Waals surface area (Å²) in [5, 5.41) is 2.19. The van der Waals surface area contributed by atoms with Gasteiger partial charge >= 0.3 is 0 Å². The molecule has 0 amide bonds. The van der Waals surface area contributed by atoms with E-state index in [4.69, 9.17) is 29.9 Å². The minimum atomic E-state index is 0.0982. The van der Waals surface area contributed by atoms with Crippen molar-refractivity contribution in [1.82, 2.24) is 39.9 Å². The zero-order valence-electron chi connectivity index (χ0n) is 47.4. The maximum atomic E-state index is 5.15.